The van der Waals surface area contributed by atoms with Gasteiger partial charge in [-0.2, -0.15) is 9.40 Å². The first-order chi connectivity index (χ1) is 8.68. The second-order valence-corrected chi connectivity index (χ2v) is 7.09. The zero-order valence-corrected chi connectivity index (χ0v) is 11.9. The lowest BCUT2D eigenvalue weighted by atomic mass is 9.90. The maximum absolute atomic E-state index is 12.5. The van der Waals surface area contributed by atoms with Crippen molar-refractivity contribution in [2.24, 2.45) is 5.41 Å². The molecule has 0 spiro atoms. The molecule has 1 fully saturated rings. The van der Waals surface area contributed by atoms with E-state index in [1.807, 2.05) is 0 Å². The smallest absolute Gasteiger partial charge is 0.310 e. The van der Waals surface area contributed by atoms with Gasteiger partial charge < -0.3 is 5.11 Å². The minimum atomic E-state index is -3.69. The Balaban J connectivity index is 2.36. The Kier molecular flexibility index (Phi) is 3.18. The lowest BCUT2D eigenvalue weighted by Crippen LogP contribution is -2.35. The van der Waals surface area contributed by atoms with Crippen LogP contribution in [-0.2, 0) is 14.8 Å². The number of rotatable bonds is 3. The summed E-state index contributed by atoms with van der Waals surface area (Å²) in [5, 5.41) is 15.7. The first-order valence-corrected chi connectivity index (χ1v) is 7.37. The Hall–Kier alpha value is -1.41. The zero-order chi connectivity index (χ0) is 14.4. The molecule has 1 aliphatic rings. The number of aromatic amines is 1. The van der Waals surface area contributed by atoms with Gasteiger partial charge in [-0.1, -0.05) is 0 Å². The van der Waals surface area contributed by atoms with Crippen LogP contribution >= 0.6 is 0 Å². The molecule has 1 unspecified atom stereocenters. The van der Waals surface area contributed by atoms with E-state index in [2.05, 4.69) is 10.2 Å². The zero-order valence-electron chi connectivity index (χ0n) is 11.1. The number of carboxylic acid groups (broad SMARTS) is 1. The van der Waals surface area contributed by atoms with Crippen molar-refractivity contribution in [3.05, 3.63) is 11.4 Å². The van der Waals surface area contributed by atoms with E-state index in [4.69, 9.17) is 5.11 Å². The number of aryl methyl sites for hydroxylation is 2. The highest BCUT2D eigenvalue weighted by Crippen LogP contribution is 2.34. The molecule has 0 aromatic carbocycles. The van der Waals surface area contributed by atoms with Crippen molar-refractivity contribution in [3.63, 3.8) is 0 Å². The molecule has 1 saturated heterocycles. The quantitative estimate of drug-likeness (QED) is 0.843. The summed E-state index contributed by atoms with van der Waals surface area (Å²) in [6.07, 6.45) is 0.317. The fourth-order valence-corrected chi connectivity index (χ4v) is 4.24. The molecule has 1 aromatic rings. The summed E-state index contributed by atoms with van der Waals surface area (Å²) in [5.41, 5.74) is -0.138. The molecule has 1 aliphatic heterocycles. The van der Waals surface area contributed by atoms with Gasteiger partial charge in [-0.25, -0.2) is 8.42 Å². The van der Waals surface area contributed by atoms with Crippen LogP contribution in [0.5, 0.6) is 0 Å². The summed E-state index contributed by atoms with van der Waals surface area (Å²) in [6.45, 7) is 5.03. The summed E-state index contributed by atoms with van der Waals surface area (Å²) in [5.74, 6) is -0.967. The van der Waals surface area contributed by atoms with E-state index in [1.54, 1.807) is 20.8 Å². The minimum absolute atomic E-state index is 0.00523. The van der Waals surface area contributed by atoms with Crippen LogP contribution in [0.1, 0.15) is 24.7 Å². The third-order valence-electron chi connectivity index (χ3n) is 3.61. The number of H-pyrrole nitrogens is 1. The van der Waals surface area contributed by atoms with Crippen LogP contribution in [0.4, 0.5) is 0 Å². The molecule has 19 heavy (non-hydrogen) atoms. The van der Waals surface area contributed by atoms with Crippen LogP contribution in [0.3, 0.4) is 0 Å². The first-order valence-electron chi connectivity index (χ1n) is 5.93. The number of carboxylic acids is 1. The normalized spacial score (nSPS) is 24.8. The molecular formula is C11H17N3O4S. The van der Waals surface area contributed by atoms with Crippen LogP contribution in [-0.4, -0.2) is 47.1 Å². The van der Waals surface area contributed by atoms with Crippen molar-refractivity contribution in [1.29, 1.82) is 0 Å². The monoisotopic (exact) mass is 287 g/mol. The Morgan fingerprint density at radius 1 is 1.47 bits per heavy atom. The van der Waals surface area contributed by atoms with E-state index >= 15 is 0 Å². The van der Waals surface area contributed by atoms with Gasteiger partial charge in [-0.3, -0.25) is 9.89 Å². The highest BCUT2D eigenvalue weighted by molar-refractivity contribution is 7.89. The van der Waals surface area contributed by atoms with Crippen molar-refractivity contribution < 1.29 is 18.3 Å². The van der Waals surface area contributed by atoms with Gasteiger partial charge in [0.1, 0.15) is 4.90 Å². The highest BCUT2D eigenvalue weighted by atomic mass is 32.2. The minimum Gasteiger partial charge on any atom is -0.481 e. The molecule has 2 rings (SSSR count). The van der Waals surface area contributed by atoms with Gasteiger partial charge in [0.25, 0.3) is 0 Å². The topological polar surface area (TPSA) is 103 Å². The second kappa shape index (κ2) is 4.31. The molecule has 2 N–H and O–H groups in total. The molecule has 8 heteroatoms. The van der Waals surface area contributed by atoms with Gasteiger partial charge in [0, 0.05) is 13.1 Å². The standard InChI is InChI=1S/C11H17N3O4S/c1-7-9(8(2)13-12-7)19(17,18)14-5-4-11(3,6-14)10(15)16/h4-6H2,1-3H3,(H,12,13)(H,15,16). The van der Waals surface area contributed by atoms with Gasteiger partial charge in [0.05, 0.1) is 16.8 Å². The van der Waals surface area contributed by atoms with Crippen LogP contribution in [0, 0.1) is 19.3 Å². The number of nitrogens with one attached hydrogen (secondary N) is 1. The van der Waals surface area contributed by atoms with E-state index < -0.39 is 21.4 Å². The summed E-state index contributed by atoms with van der Waals surface area (Å²) in [7, 11) is -3.69. The first kappa shape index (κ1) is 14.0. The van der Waals surface area contributed by atoms with Crippen LogP contribution in [0.15, 0.2) is 4.90 Å². The van der Waals surface area contributed by atoms with Gasteiger partial charge in [-0.15, -0.1) is 0 Å². The Morgan fingerprint density at radius 3 is 2.53 bits per heavy atom. The number of nitrogens with zero attached hydrogens (tertiary/aromatic N) is 2. The van der Waals surface area contributed by atoms with Crippen molar-refractivity contribution in [2.75, 3.05) is 13.1 Å². The third-order valence-corrected chi connectivity index (χ3v) is 5.72. The Bertz CT molecular complexity index is 602. The maximum atomic E-state index is 12.5. The molecule has 0 saturated carbocycles. The van der Waals surface area contributed by atoms with Gasteiger partial charge in [0.2, 0.25) is 10.0 Å². The number of hydrogen-bond donors (Lipinski definition) is 2. The number of carbonyl (C=O) groups is 1. The molecule has 7 nitrogen and oxygen atoms in total. The van der Waals surface area contributed by atoms with E-state index in [0.717, 1.165) is 0 Å². The molecule has 106 valence electrons. The molecule has 0 radical (unpaired) electrons. The molecule has 2 heterocycles. The van der Waals surface area contributed by atoms with Crippen LogP contribution in [0.2, 0.25) is 0 Å². The molecule has 0 amide bonds. The van der Waals surface area contributed by atoms with Crippen molar-refractivity contribution in [2.45, 2.75) is 32.1 Å². The van der Waals surface area contributed by atoms with E-state index in [9.17, 15) is 13.2 Å². The fraction of sp³-hybridized carbons (Fsp3) is 0.636. The van der Waals surface area contributed by atoms with Crippen LogP contribution < -0.4 is 0 Å². The molecular weight excluding hydrogens is 270 g/mol. The molecule has 1 aromatic heterocycles. The maximum Gasteiger partial charge on any atom is 0.310 e. The highest BCUT2D eigenvalue weighted by Gasteiger charge is 2.45. The van der Waals surface area contributed by atoms with Crippen molar-refractivity contribution >= 4 is 16.0 Å². The summed E-state index contributed by atoms with van der Waals surface area (Å²) < 4.78 is 26.3. The fourth-order valence-electron chi connectivity index (χ4n) is 2.35. The van der Waals surface area contributed by atoms with Gasteiger partial charge >= 0.3 is 5.97 Å². The average molecular weight is 287 g/mol. The Morgan fingerprint density at radius 2 is 2.11 bits per heavy atom. The average Bonchev–Trinajstić information content (AvgIpc) is 2.84. The third kappa shape index (κ3) is 2.14. The number of sulfonamides is 1. The van der Waals surface area contributed by atoms with Crippen LogP contribution in [0.25, 0.3) is 0 Å². The van der Waals surface area contributed by atoms with E-state index in [0.29, 0.717) is 17.8 Å². The second-order valence-electron chi connectivity index (χ2n) is 5.22. The van der Waals surface area contributed by atoms with E-state index in [-0.39, 0.29) is 18.0 Å². The summed E-state index contributed by atoms with van der Waals surface area (Å²) >= 11 is 0. The van der Waals surface area contributed by atoms with E-state index in [1.165, 1.54) is 4.31 Å². The largest absolute Gasteiger partial charge is 0.481 e. The Labute approximate surface area is 111 Å². The number of aliphatic carboxylic acids is 1. The predicted octanol–water partition coefficient (Wildman–Crippen LogP) is 0.512. The molecule has 0 aliphatic carbocycles. The SMILES string of the molecule is Cc1n[nH]c(C)c1S(=O)(=O)N1CCC(C)(C(=O)O)C1. The van der Waals surface area contributed by atoms with Gasteiger partial charge in [-0.05, 0) is 27.2 Å². The lowest BCUT2D eigenvalue weighted by molar-refractivity contribution is -0.146. The van der Waals surface area contributed by atoms with Crippen molar-refractivity contribution in [3.8, 4) is 0 Å². The summed E-state index contributed by atoms with van der Waals surface area (Å²) in [6, 6.07) is 0. The predicted molar refractivity (Wildman–Crippen MR) is 67.2 cm³/mol. The summed E-state index contributed by atoms with van der Waals surface area (Å²) in [4.78, 5) is 11.3. The lowest BCUT2D eigenvalue weighted by Gasteiger charge is -2.20. The molecule has 1 atom stereocenters. The number of hydrogen-bond acceptors (Lipinski definition) is 4. The number of aromatic nitrogens is 2. The van der Waals surface area contributed by atoms with Crippen molar-refractivity contribution in [1.82, 2.24) is 14.5 Å². The van der Waals surface area contributed by atoms with Gasteiger partial charge in [0.15, 0.2) is 0 Å². The molecule has 0 bridgehead atoms.